The van der Waals surface area contributed by atoms with Crippen LogP contribution in [0.4, 0.5) is 4.39 Å². The highest BCUT2D eigenvalue weighted by Gasteiger charge is 2.20. The molecule has 1 unspecified atom stereocenters. The van der Waals surface area contributed by atoms with E-state index >= 15 is 0 Å². The summed E-state index contributed by atoms with van der Waals surface area (Å²) in [5, 5.41) is 2.76. The number of nitrogens with zero attached hydrogens (tertiary/aromatic N) is 1. The predicted octanol–water partition coefficient (Wildman–Crippen LogP) is 2.65. The number of allylic oxidation sites excluding steroid dienone is 2. The highest BCUT2D eigenvalue weighted by atomic mass is 19.1. The zero-order valence-corrected chi connectivity index (χ0v) is 13.4. The first kappa shape index (κ1) is 17.2. The van der Waals surface area contributed by atoms with E-state index in [-0.39, 0.29) is 24.2 Å². The van der Waals surface area contributed by atoms with Gasteiger partial charge in [-0.2, -0.15) is 0 Å². The van der Waals surface area contributed by atoms with Crippen LogP contribution in [0.1, 0.15) is 31.7 Å². The molecule has 1 aliphatic rings. The number of halogens is 1. The van der Waals surface area contributed by atoms with E-state index in [0.717, 1.165) is 18.4 Å². The van der Waals surface area contributed by atoms with Crippen LogP contribution in [0.5, 0.6) is 0 Å². The quantitative estimate of drug-likeness (QED) is 0.786. The molecule has 5 heteroatoms. The Labute approximate surface area is 136 Å². The molecular weight excluding hydrogens is 295 g/mol. The van der Waals surface area contributed by atoms with Crippen LogP contribution in [-0.4, -0.2) is 29.8 Å². The summed E-state index contributed by atoms with van der Waals surface area (Å²) >= 11 is 0. The molecule has 0 aromatic heterocycles. The molecule has 0 saturated carbocycles. The zero-order valence-electron chi connectivity index (χ0n) is 13.4. The lowest BCUT2D eigenvalue weighted by Crippen LogP contribution is -2.40. The number of carbonyl (C=O) groups is 2. The van der Waals surface area contributed by atoms with Crippen LogP contribution in [0.2, 0.25) is 0 Å². The Kier molecular flexibility index (Phi) is 6.32. The molecule has 0 fully saturated rings. The molecule has 0 saturated heterocycles. The number of benzene rings is 1. The number of hydrogen-bond acceptors (Lipinski definition) is 2. The minimum Gasteiger partial charge on any atom is -0.350 e. The molecule has 0 aliphatic heterocycles. The molecule has 1 N–H and O–H groups in total. The molecule has 1 aromatic rings. The van der Waals surface area contributed by atoms with Gasteiger partial charge in [-0.25, -0.2) is 4.39 Å². The summed E-state index contributed by atoms with van der Waals surface area (Å²) in [5.74, 6) is -0.185. The van der Waals surface area contributed by atoms with Crippen molar-refractivity contribution >= 4 is 11.8 Å². The van der Waals surface area contributed by atoms with Gasteiger partial charge < -0.3 is 10.2 Å². The summed E-state index contributed by atoms with van der Waals surface area (Å²) in [6, 6.07) is 5.98. The van der Waals surface area contributed by atoms with Gasteiger partial charge in [0.2, 0.25) is 11.8 Å². The monoisotopic (exact) mass is 318 g/mol. The Bertz CT molecular complexity index is 569. The van der Waals surface area contributed by atoms with Gasteiger partial charge in [0.05, 0.1) is 6.54 Å². The Balaban J connectivity index is 1.78. The van der Waals surface area contributed by atoms with Crippen molar-refractivity contribution in [1.29, 1.82) is 0 Å². The molecule has 2 rings (SSSR count). The van der Waals surface area contributed by atoms with Gasteiger partial charge in [-0.1, -0.05) is 24.3 Å². The average Bonchev–Trinajstić information content (AvgIpc) is 3.05. The van der Waals surface area contributed by atoms with Crippen LogP contribution in [0.15, 0.2) is 36.4 Å². The topological polar surface area (TPSA) is 49.4 Å². The first-order chi connectivity index (χ1) is 11.1. The summed E-state index contributed by atoms with van der Waals surface area (Å²) in [4.78, 5) is 25.8. The van der Waals surface area contributed by atoms with E-state index in [0.29, 0.717) is 25.4 Å². The Morgan fingerprint density at radius 2 is 2.04 bits per heavy atom. The average molecular weight is 318 g/mol. The highest BCUT2D eigenvalue weighted by molar-refractivity contribution is 5.85. The third-order valence-electron chi connectivity index (χ3n) is 4.02. The predicted molar refractivity (Wildman–Crippen MR) is 87.0 cm³/mol. The maximum Gasteiger partial charge on any atom is 0.239 e. The van der Waals surface area contributed by atoms with E-state index in [2.05, 4.69) is 17.5 Å². The molecule has 23 heavy (non-hydrogen) atoms. The second kappa shape index (κ2) is 8.46. The molecule has 1 aliphatic carbocycles. The molecule has 0 spiro atoms. The van der Waals surface area contributed by atoms with Crippen molar-refractivity contribution in [2.75, 3.05) is 13.1 Å². The minimum absolute atomic E-state index is 0.0148. The molecule has 0 bridgehead atoms. The number of nitrogens with one attached hydrogen (secondary N) is 1. The second-order valence-electron chi connectivity index (χ2n) is 5.78. The van der Waals surface area contributed by atoms with E-state index in [1.54, 1.807) is 17.0 Å². The van der Waals surface area contributed by atoms with Crippen LogP contribution in [-0.2, 0) is 16.1 Å². The van der Waals surface area contributed by atoms with Crippen molar-refractivity contribution in [2.24, 2.45) is 5.92 Å². The van der Waals surface area contributed by atoms with Gasteiger partial charge in [0.1, 0.15) is 5.82 Å². The normalized spacial score (nSPS) is 16.3. The maximum atomic E-state index is 12.8. The van der Waals surface area contributed by atoms with Crippen molar-refractivity contribution < 1.29 is 14.0 Å². The van der Waals surface area contributed by atoms with Gasteiger partial charge >= 0.3 is 0 Å². The third kappa shape index (κ3) is 5.51. The summed E-state index contributed by atoms with van der Waals surface area (Å²) in [6.07, 6.45) is 6.70. The summed E-state index contributed by atoms with van der Waals surface area (Å²) in [7, 11) is 0. The van der Waals surface area contributed by atoms with Crippen LogP contribution in [0.3, 0.4) is 0 Å². The fraction of sp³-hybridized carbons (Fsp3) is 0.444. The van der Waals surface area contributed by atoms with E-state index in [1.165, 1.54) is 12.1 Å². The molecule has 124 valence electrons. The molecule has 1 atom stereocenters. The van der Waals surface area contributed by atoms with Crippen molar-refractivity contribution in [3.05, 3.63) is 47.8 Å². The van der Waals surface area contributed by atoms with Crippen molar-refractivity contribution in [1.82, 2.24) is 10.2 Å². The van der Waals surface area contributed by atoms with Crippen molar-refractivity contribution in [2.45, 2.75) is 32.7 Å². The third-order valence-corrected chi connectivity index (χ3v) is 4.02. The van der Waals surface area contributed by atoms with Gasteiger partial charge in [-0.3, -0.25) is 9.59 Å². The number of hydrogen-bond donors (Lipinski definition) is 1. The van der Waals surface area contributed by atoms with E-state index in [4.69, 9.17) is 0 Å². The largest absolute Gasteiger partial charge is 0.350 e. The molecule has 0 heterocycles. The smallest absolute Gasteiger partial charge is 0.239 e. The Morgan fingerprint density at radius 1 is 1.30 bits per heavy atom. The maximum absolute atomic E-state index is 12.8. The molecule has 2 amide bonds. The summed E-state index contributed by atoms with van der Waals surface area (Å²) in [6.45, 7) is 2.78. The van der Waals surface area contributed by atoms with Crippen molar-refractivity contribution in [3.63, 3.8) is 0 Å². The van der Waals surface area contributed by atoms with Crippen LogP contribution in [0, 0.1) is 11.7 Å². The van der Waals surface area contributed by atoms with Crippen molar-refractivity contribution in [3.8, 4) is 0 Å². The fourth-order valence-corrected chi connectivity index (χ4v) is 2.63. The number of rotatable bonds is 7. The zero-order chi connectivity index (χ0) is 16.7. The lowest BCUT2D eigenvalue weighted by Gasteiger charge is -2.21. The molecular formula is C18H23FN2O2. The van der Waals surface area contributed by atoms with Crippen LogP contribution >= 0.6 is 0 Å². The van der Waals surface area contributed by atoms with E-state index in [9.17, 15) is 14.0 Å². The summed E-state index contributed by atoms with van der Waals surface area (Å²) < 4.78 is 12.8. The lowest BCUT2D eigenvalue weighted by molar-refractivity contribution is -0.136. The standard InChI is InChI=1S/C18H23FN2O2/c1-2-21(18(23)11-14-5-3-4-6-14)13-17(22)20-12-15-7-9-16(19)10-8-15/h3,5,7-10,14H,2,4,6,11-13H2,1H3,(H,20,22). The molecule has 4 nitrogen and oxygen atoms in total. The number of likely N-dealkylation sites (N-methyl/N-ethyl adjacent to an activating group) is 1. The number of amides is 2. The summed E-state index contributed by atoms with van der Waals surface area (Å²) in [5.41, 5.74) is 0.824. The molecule has 0 radical (unpaired) electrons. The van der Waals surface area contributed by atoms with Gasteiger partial charge in [0.25, 0.3) is 0 Å². The Hall–Kier alpha value is -2.17. The SMILES string of the molecule is CCN(CC(=O)NCc1ccc(F)cc1)C(=O)CC1C=CCC1. The fourth-order valence-electron chi connectivity index (χ4n) is 2.63. The lowest BCUT2D eigenvalue weighted by atomic mass is 10.0. The van der Waals surface area contributed by atoms with Gasteiger partial charge in [0, 0.05) is 19.5 Å². The first-order valence-electron chi connectivity index (χ1n) is 8.04. The number of carbonyl (C=O) groups excluding carboxylic acids is 2. The van der Waals surface area contributed by atoms with Crippen LogP contribution < -0.4 is 5.32 Å². The van der Waals surface area contributed by atoms with E-state index in [1.807, 2.05) is 6.92 Å². The van der Waals surface area contributed by atoms with Gasteiger partial charge in [-0.15, -0.1) is 0 Å². The van der Waals surface area contributed by atoms with Gasteiger partial charge in [0.15, 0.2) is 0 Å². The van der Waals surface area contributed by atoms with Crippen LogP contribution in [0.25, 0.3) is 0 Å². The second-order valence-corrected chi connectivity index (χ2v) is 5.78. The Morgan fingerprint density at radius 3 is 2.65 bits per heavy atom. The molecule has 1 aromatic carbocycles. The minimum atomic E-state index is -0.302. The van der Waals surface area contributed by atoms with E-state index < -0.39 is 0 Å². The van der Waals surface area contributed by atoms with Gasteiger partial charge in [-0.05, 0) is 43.4 Å². The first-order valence-corrected chi connectivity index (χ1v) is 8.04. The highest BCUT2D eigenvalue weighted by Crippen LogP contribution is 2.21.